The molecule has 0 fully saturated rings. The number of thiazole rings is 1. The molecule has 0 aromatic carbocycles. The third-order valence-electron chi connectivity index (χ3n) is 2.57. The van der Waals surface area contributed by atoms with E-state index in [-0.39, 0.29) is 6.04 Å². The highest BCUT2D eigenvalue weighted by molar-refractivity contribution is 7.07. The van der Waals surface area contributed by atoms with E-state index in [9.17, 15) is 0 Å². The van der Waals surface area contributed by atoms with Crippen molar-refractivity contribution in [3.05, 3.63) is 34.8 Å². The number of nitrogens with one attached hydrogen (secondary N) is 1. The highest BCUT2D eigenvalue weighted by Gasteiger charge is 2.15. The Morgan fingerprint density at radius 1 is 1.50 bits per heavy atom. The summed E-state index contributed by atoms with van der Waals surface area (Å²) in [5.74, 6) is 1.08. The van der Waals surface area contributed by atoms with Gasteiger partial charge in [0.1, 0.15) is 5.82 Å². The van der Waals surface area contributed by atoms with Gasteiger partial charge >= 0.3 is 0 Å². The Morgan fingerprint density at radius 2 is 2.38 bits per heavy atom. The van der Waals surface area contributed by atoms with Crippen molar-refractivity contribution >= 4 is 11.3 Å². The number of imidazole rings is 1. The Hall–Kier alpha value is -1.20. The van der Waals surface area contributed by atoms with Crippen LogP contribution in [-0.4, -0.2) is 21.1 Å². The molecular weight excluding hydrogens is 220 g/mol. The first-order chi connectivity index (χ1) is 7.81. The molecule has 16 heavy (non-hydrogen) atoms. The normalized spacial score (nSPS) is 12.9. The molecule has 86 valence electrons. The van der Waals surface area contributed by atoms with Crippen LogP contribution in [0.2, 0.25) is 0 Å². The van der Waals surface area contributed by atoms with Crippen molar-refractivity contribution in [3.63, 3.8) is 0 Å². The fourth-order valence-corrected chi connectivity index (χ4v) is 2.31. The second-order valence-electron chi connectivity index (χ2n) is 3.68. The van der Waals surface area contributed by atoms with Gasteiger partial charge in [0.15, 0.2) is 0 Å². The standard InChI is InChI=1S/C11H16N4S/c1-3-12-9(10-7-16-8-14-10)6-11-13-4-5-15(11)2/h4-5,7-9,12H,3,6H2,1-2H3. The molecule has 2 heterocycles. The van der Waals surface area contributed by atoms with E-state index in [4.69, 9.17) is 0 Å². The van der Waals surface area contributed by atoms with E-state index < -0.39 is 0 Å². The molecule has 0 aliphatic carbocycles. The second-order valence-corrected chi connectivity index (χ2v) is 4.40. The maximum Gasteiger partial charge on any atom is 0.110 e. The summed E-state index contributed by atoms with van der Waals surface area (Å²) in [4.78, 5) is 8.71. The molecule has 0 aliphatic heterocycles. The predicted octanol–water partition coefficient (Wildman–Crippen LogP) is 1.77. The lowest BCUT2D eigenvalue weighted by atomic mass is 10.1. The number of hydrogen-bond donors (Lipinski definition) is 1. The maximum absolute atomic E-state index is 4.36. The lowest BCUT2D eigenvalue weighted by Crippen LogP contribution is -2.24. The molecule has 2 aromatic rings. The van der Waals surface area contributed by atoms with Crippen molar-refractivity contribution in [1.82, 2.24) is 19.9 Å². The summed E-state index contributed by atoms with van der Waals surface area (Å²) in [6.07, 6.45) is 4.68. The van der Waals surface area contributed by atoms with Gasteiger partial charge in [-0.05, 0) is 6.54 Å². The van der Waals surface area contributed by atoms with Crippen LogP contribution in [0.1, 0.15) is 24.5 Å². The zero-order valence-electron chi connectivity index (χ0n) is 9.55. The van der Waals surface area contributed by atoms with E-state index in [0.717, 1.165) is 24.5 Å². The summed E-state index contributed by atoms with van der Waals surface area (Å²) >= 11 is 1.63. The molecule has 0 saturated heterocycles. The monoisotopic (exact) mass is 236 g/mol. The second kappa shape index (κ2) is 5.23. The van der Waals surface area contributed by atoms with E-state index >= 15 is 0 Å². The van der Waals surface area contributed by atoms with E-state index in [0.29, 0.717) is 0 Å². The highest BCUT2D eigenvalue weighted by Crippen LogP contribution is 2.17. The van der Waals surface area contributed by atoms with Gasteiger partial charge in [0.25, 0.3) is 0 Å². The predicted molar refractivity (Wildman–Crippen MR) is 65.4 cm³/mol. The van der Waals surface area contributed by atoms with Crippen molar-refractivity contribution in [2.24, 2.45) is 7.05 Å². The Labute approximate surface area is 99.4 Å². The summed E-state index contributed by atoms with van der Waals surface area (Å²) in [7, 11) is 2.02. The van der Waals surface area contributed by atoms with Crippen LogP contribution in [0.3, 0.4) is 0 Å². The van der Waals surface area contributed by atoms with Gasteiger partial charge in [-0.3, -0.25) is 0 Å². The van der Waals surface area contributed by atoms with Crippen LogP contribution in [0.5, 0.6) is 0 Å². The zero-order valence-corrected chi connectivity index (χ0v) is 10.4. The Balaban J connectivity index is 2.12. The molecule has 0 amide bonds. The Bertz CT molecular complexity index is 421. The van der Waals surface area contributed by atoms with Crippen molar-refractivity contribution < 1.29 is 0 Å². The van der Waals surface area contributed by atoms with Gasteiger partial charge in [0.2, 0.25) is 0 Å². The highest BCUT2D eigenvalue weighted by atomic mass is 32.1. The first-order valence-corrected chi connectivity index (χ1v) is 6.33. The van der Waals surface area contributed by atoms with Gasteiger partial charge in [-0.2, -0.15) is 0 Å². The minimum atomic E-state index is 0.261. The Kier molecular flexibility index (Phi) is 3.69. The minimum absolute atomic E-state index is 0.261. The molecule has 0 radical (unpaired) electrons. The van der Waals surface area contributed by atoms with Gasteiger partial charge in [-0.1, -0.05) is 6.92 Å². The fourth-order valence-electron chi connectivity index (χ4n) is 1.70. The molecule has 2 aromatic heterocycles. The van der Waals surface area contributed by atoms with Crippen molar-refractivity contribution in [3.8, 4) is 0 Å². The average molecular weight is 236 g/mol. The van der Waals surface area contributed by atoms with Crippen LogP contribution >= 0.6 is 11.3 Å². The number of aryl methyl sites for hydroxylation is 1. The summed E-state index contributed by atoms with van der Waals surface area (Å²) in [6, 6.07) is 0.261. The van der Waals surface area contributed by atoms with Gasteiger partial charge in [0, 0.05) is 31.2 Å². The minimum Gasteiger partial charge on any atom is -0.338 e. The first-order valence-electron chi connectivity index (χ1n) is 5.39. The van der Waals surface area contributed by atoms with Gasteiger partial charge in [-0.25, -0.2) is 9.97 Å². The smallest absolute Gasteiger partial charge is 0.110 e. The van der Waals surface area contributed by atoms with Gasteiger partial charge in [-0.15, -0.1) is 11.3 Å². The maximum atomic E-state index is 4.36. The SMILES string of the molecule is CCNC(Cc1nccn1C)c1cscn1. The summed E-state index contributed by atoms with van der Waals surface area (Å²) in [5, 5.41) is 5.53. The zero-order chi connectivity index (χ0) is 11.4. The quantitative estimate of drug-likeness (QED) is 0.860. The van der Waals surface area contributed by atoms with Gasteiger partial charge < -0.3 is 9.88 Å². The summed E-state index contributed by atoms with van der Waals surface area (Å²) in [6.45, 7) is 3.05. The largest absolute Gasteiger partial charge is 0.338 e. The molecule has 0 saturated carbocycles. The summed E-state index contributed by atoms with van der Waals surface area (Å²) in [5.41, 5.74) is 2.98. The lowest BCUT2D eigenvalue weighted by Gasteiger charge is -2.15. The third-order valence-corrected chi connectivity index (χ3v) is 3.17. The molecule has 0 spiro atoms. The van der Waals surface area contributed by atoms with E-state index in [2.05, 4.69) is 32.2 Å². The molecule has 0 bridgehead atoms. The molecule has 0 aliphatic rings. The molecule has 5 heteroatoms. The molecule has 2 rings (SSSR count). The molecule has 1 unspecified atom stereocenters. The van der Waals surface area contributed by atoms with E-state index in [1.165, 1.54) is 0 Å². The van der Waals surface area contributed by atoms with E-state index in [1.54, 1.807) is 11.3 Å². The van der Waals surface area contributed by atoms with Gasteiger partial charge in [0.05, 0.1) is 17.2 Å². The first kappa shape index (κ1) is 11.3. The molecule has 4 nitrogen and oxygen atoms in total. The summed E-state index contributed by atoms with van der Waals surface area (Å²) < 4.78 is 2.05. The third kappa shape index (κ3) is 2.48. The molecular formula is C11H16N4S. The van der Waals surface area contributed by atoms with Crippen molar-refractivity contribution in [1.29, 1.82) is 0 Å². The van der Waals surface area contributed by atoms with Crippen LogP contribution in [0, 0.1) is 0 Å². The number of aromatic nitrogens is 3. The number of hydrogen-bond acceptors (Lipinski definition) is 4. The van der Waals surface area contributed by atoms with Crippen LogP contribution in [0.25, 0.3) is 0 Å². The van der Waals surface area contributed by atoms with Crippen LogP contribution < -0.4 is 5.32 Å². The van der Waals surface area contributed by atoms with Crippen LogP contribution in [0.15, 0.2) is 23.3 Å². The van der Waals surface area contributed by atoms with Crippen LogP contribution in [0.4, 0.5) is 0 Å². The van der Waals surface area contributed by atoms with Crippen molar-refractivity contribution in [2.45, 2.75) is 19.4 Å². The van der Waals surface area contributed by atoms with Crippen molar-refractivity contribution in [2.75, 3.05) is 6.54 Å². The molecule has 1 atom stereocenters. The average Bonchev–Trinajstić information content (AvgIpc) is 2.90. The van der Waals surface area contributed by atoms with E-state index in [1.807, 2.05) is 25.0 Å². The van der Waals surface area contributed by atoms with Crippen LogP contribution in [-0.2, 0) is 13.5 Å². The Morgan fingerprint density at radius 3 is 2.94 bits per heavy atom. The number of likely N-dealkylation sites (N-methyl/N-ethyl adjacent to an activating group) is 1. The number of rotatable bonds is 5. The lowest BCUT2D eigenvalue weighted by molar-refractivity contribution is 0.519. The topological polar surface area (TPSA) is 42.7 Å². The molecule has 1 N–H and O–H groups in total. The number of nitrogens with zero attached hydrogens (tertiary/aromatic N) is 3. The fraction of sp³-hybridized carbons (Fsp3) is 0.455.